The van der Waals surface area contributed by atoms with Gasteiger partial charge in [-0.05, 0) is 24.6 Å². The Balaban J connectivity index is 2.58. The highest BCUT2D eigenvalue weighted by Crippen LogP contribution is 2.12. The van der Waals surface area contributed by atoms with Crippen LogP contribution in [0.1, 0.15) is 12.5 Å². The molecule has 1 aromatic rings. The van der Waals surface area contributed by atoms with Gasteiger partial charge in [0.25, 0.3) is 0 Å². The molecule has 0 aliphatic carbocycles. The van der Waals surface area contributed by atoms with E-state index in [0.717, 1.165) is 5.75 Å². The van der Waals surface area contributed by atoms with E-state index in [1.807, 2.05) is 43.3 Å². The molecule has 1 aromatic carbocycles. The van der Waals surface area contributed by atoms with Crippen LogP contribution < -0.4 is 4.74 Å². The zero-order chi connectivity index (χ0) is 9.52. The van der Waals surface area contributed by atoms with E-state index in [-0.39, 0.29) is 0 Å². The summed E-state index contributed by atoms with van der Waals surface area (Å²) in [6.45, 7) is 2.29. The molecule has 0 aliphatic heterocycles. The molecule has 0 atom stereocenters. The molecule has 0 unspecified atom stereocenters. The fraction of sp³-hybridized carbons (Fsp3) is 0.273. The van der Waals surface area contributed by atoms with Crippen molar-refractivity contribution in [3.63, 3.8) is 0 Å². The molecule has 0 N–H and O–H groups in total. The van der Waals surface area contributed by atoms with E-state index in [0.29, 0.717) is 6.79 Å². The molecule has 2 nitrogen and oxygen atoms in total. The van der Waals surface area contributed by atoms with Gasteiger partial charge in [-0.1, -0.05) is 24.3 Å². The Labute approximate surface area is 78.8 Å². The van der Waals surface area contributed by atoms with Gasteiger partial charge in [-0.25, -0.2) is 0 Å². The van der Waals surface area contributed by atoms with Gasteiger partial charge in [0.15, 0.2) is 6.79 Å². The van der Waals surface area contributed by atoms with Gasteiger partial charge >= 0.3 is 0 Å². The Morgan fingerprint density at radius 1 is 1.23 bits per heavy atom. The Morgan fingerprint density at radius 2 is 1.92 bits per heavy atom. The molecule has 0 amide bonds. The van der Waals surface area contributed by atoms with Crippen LogP contribution in [0.5, 0.6) is 5.75 Å². The lowest BCUT2D eigenvalue weighted by Gasteiger charge is -2.03. The van der Waals surface area contributed by atoms with E-state index in [4.69, 9.17) is 9.47 Å². The molecule has 0 heterocycles. The summed E-state index contributed by atoms with van der Waals surface area (Å²) in [7, 11) is 1.61. The molecular formula is C11H14O2. The third-order valence-corrected chi connectivity index (χ3v) is 1.58. The molecule has 70 valence electrons. The van der Waals surface area contributed by atoms with Crippen molar-refractivity contribution < 1.29 is 9.47 Å². The molecule has 0 saturated carbocycles. The van der Waals surface area contributed by atoms with Gasteiger partial charge in [0, 0.05) is 7.11 Å². The highest BCUT2D eigenvalue weighted by atomic mass is 16.7. The van der Waals surface area contributed by atoms with Gasteiger partial charge in [-0.2, -0.15) is 0 Å². The van der Waals surface area contributed by atoms with Crippen molar-refractivity contribution >= 4 is 6.08 Å². The van der Waals surface area contributed by atoms with Crippen molar-refractivity contribution in [2.45, 2.75) is 6.92 Å². The Morgan fingerprint density at radius 3 is 2.46 bits per heavy atom. The maximum atomic E-state index is 5.24. The predicted octanol–water partition coefficient (Wildman–Crippen LogP) is 2.70. The minimum atomic E-state index is 0.295. The van der Waals surface area contributed by atoms with Crippen LogP contribution in [0, 0.1) is 0 Å². The van der Waals surface area contributed by atoms with Crippen LogP contribution >= 0.6 is 0 Å². The van der Waals surface area contributed by atoms with Gasteiger partial charge in [-0.3, -0.25) is 0 Å². The molecule has 13 heavy (non-hydrogen) atoms. The van der Waals surface area contributed by atoms with Gasteiger partial charge in [0.05, 0.1) is 0 Å². The molecular weight excluding hydrogens is 164 g/mol. The van der Waals surface area contributed by atoms with Crippen molar-refractivity contribution in [1.82, 2.24) is 0 Å². The largest absolute Gasteiger partial charge is 0.468 e. The first kappa shape index (κ1) is 9.81. The first-order valence-corrected chi connectivity index (χ1v) is 4.21. The zero-order valence-electron chi connectivity index (χ0n) is 7.99. The summed E-state index contributed by atoms with van der Waals surface area (Å²) in [5.41, 5.74) is 1.17. The maximum absolute atomic E-state index is 5.24. The summed E-state index contributed by atoms with van der Waals surface area (Å²) in [5, 5.41) is 0. The summed E-state index contributed by atoms with van der Waals surface area (Å²) in [6, 6.07) is 7.86. The fourth-order valence-electron chi connectivity index (χ4n) is 0.995. The standard InChI is InChI=1S/C11H14O2/c1-3-4-10-5-7-11(8-6-10)13-9-12-2/h3-8H,9H2,1-2H3/b4-3+. The van der Waals surface area contributed by atoms with Crippen LogP contribution in [-0.2, 0) is 4.74 Å². The first-order chi connectivity index (χ1) is 6.36. The lowest BCUT2D eigenvalue weighted by Crippen LogP contribution is -1.98. The van der Waals surface area contributed by atoms with Crippen molar-refractivity contribution in [3.05, 3.63) is 35.9 Å². The van der Waals surface area contributed by atoms with E-state index >= 15 is 0 Å². The van der Waals surface area contributed by atoms with Crippen molar-refractivity contribution in [2.75, 3.05) is 13.9 Å². The Bertz CT molecular complexity index is 262. The molecule has 0 aliphatic rings. The monoisotopic (exact) mass is 178 g/mol. The van der Waals surface area contributed by atoms with Gasteiger partial charge in [0.1, 0.15) is 5.75 Å². The molecule has 1 rings (SSSR count). The van der Waals surface area contributed by atoms with Gasteiger partial charge in [-0.15, -0.1) is 0 Å². The summed E-state index contributed by atoms with van der Waals surface area (Å²) < 4.78 is 10.0. The molecule has 2 heteroatoms. The molecule has 0 radical (unpaired) electrons. The Kier molecular flexibility index (Phi) is 4.06. The second-order valence-corrected chi connectivity index (χ2v) is 2.62. The van der Waals surface area contributed by atoms with Crippen LogP contribution in [0.2, 0.25) is 0 Å². The van der Waals surface area contributed by atoms with E-state index in [1.54, 1.807) is 7.11 Å². The molecule has 0 bridgehead atoms. The Hall–Kier alpha value is -1.28. The van der Waals surface area contributed by atoms with Crippen LogP contribution in [0.25, 0.3) is 6.08 Å². The van der Waals surface area contributed by atoms with E-state index in [2.05, 4.69) is 0 Å². The number of hydrogen-bond donors (Lipinski definition) is 0. The fourth-order valence-corrected chi connectivity index (χ4v) is 0.995. The number of rotatable bonds is 4. The van der Waals surface area contributed by atoms with Gasteiger partial charge in [0.2, 0.25) is 0 Å². The highest BCUT2D eigenvalue weighted by Gasteiger charge is 1.91. The average Bonchev–Trinajstić information content (AvgIpc) is 2.17. The van der Waals surface area contributed by atoms with Crippen LogP contribution in [0.3, 0.4) is 0 Å². The summed E-state index contributed by atoms with van der Waals surface area (Å²) in [6.07, 6.45) is 4.05. The zero-order valence-corrected chi connectivity index (χ0v) is 7.99. The second kappa shape index (κ2) is 5.38. The average molecular weight is 178 g/mol. The van der Waals surface area contributed by atoms with Crippen LogP contribution in [0.15, 0.2) is 30.3 Å². The van der Waals surface area contributed by atoms with E-state index < -0.39 is 0 Å². The van der Waals surface area contributed by atoms with Gasteiger partial charge < -0.3 is 9.47 Å². The normalized spacial score (nSPS) is 10.6. The van der Waals surface area contributed by atoms with E-state index in [9.17, 15) is 0 Å². The second-order valence-electron chi connectivity index (χ2n) is 2.62. The number of allylic oxidation sites excluding steroid dienone is 1. The molecule has 0 spiro atoms. The minimum absolute atomic E-state index is 0.295. The quantitative estimate of drug-likeness (QED) is 0.660. The first-order valence-electron chi connectivity index (χ1n) is 4.21. The van der Waals surface area contributed by atoms with Crippen molar-refractivity contribution in [2.24, 2.45) is 0 Å². The third kappa shape index (κ3) is 3.30. The molecule has 0 saturated heterocycles. The molecule has 0 fully saturated rings. The molecule has 0 aromatic heterocycles. The third-order valence-electron chi connectivity index (χ3n) is 1.58. The highest BCUT2D eigenvalue weighted by molar-refractivity contribution is 5.50. The summed E-state index contributed by atoms with van der Waals surface area (Å²) in [4.78, 5) is 0. The SMILES string of the molecule is C/C=C/c1ccc(OCOC)cc1. The minimum Gasteiger partial charge on any atom is -0.468 e. The lowest BCUT2D eigenvalue weighted by molar-refractivity contribution is 0.0511. The topological polar surface area (TPSA) is 18.5 Å². The van der Waals surface area contributed by atoms with Crippen LogP contribution in [-0.4, -0.2) is 13.9 Å². The number of benzene rings is 1. The lowest BCUT2D eigenvalue weighted by atomic mass is 10.2. The number of methoxy groups -OCH3 is 1. The number of hydrogen-bond acceptors (Lipinski definition) is 2. The van der Waals surface area contributed by atoms with Crippen molar-refractivity contribution in [3.8, 4) is 5.75 Å². The smallest absolute Gasteiger partial charge is 0.188 e. The summed E-state index contributed by atoms with van der Waals surface area (Å²) >= 11 is 0. The number of ether oxygens (including phenoxy) is 2. The summed E-state index contributed by atoms with van der Waals surface area (Å²) in [5.74, 6) is 0.829. The van der Waals surface area contributed by atoms with E-state index in [1.165, 1.54) is 5.56 Å². The van der Waals surface area contributed by atoms with Crippen LogP contribution in [0.4, 0.5) is 0 Å². The predicted molar refractivity (Wildman–Crippen MR) is 53.7 cm³/mol. The maximum Gasteiger partial charge on any atom is 0.188 e. The van der Waals surface area contributed by atoms with Crippen molar-refractivity contribution in [1.29, 1.82) is 0 Å².